The van der Waals surface area contributed by atoms with E-state index >= 15 is 0 Å². The summed E-state index contributed by atoms with van der Waals surface area (Å²) in [5.74, 6) is 1.21. The van der Waals surface area contributed by atoms with Crippen molar-refractivity contribution in [1.82, 2.24) is 9.97 Å². The first-order valence-electron chi connectivity index (χ1n) is 6.99. The number of benzene rings is 2. The Kier molecular flexibility index (Phi) is 4.79. The quantitative estimate of drug-likeness (QED) is 0.602. The van der Waals surface area contributed by atoms with E-state index in [0.29, 0.717) is 16.8 Å². The van der Waals surface area contributed by atoms with Gasteiger partial charge in [0.2, 0.25) is 5.95 Å². The number of nitrogens with zero attached hydrogens (tertiary/aromatic N) is 2. The Labute approximate surface area is 148 Å². The molecule has 6 heteroatoms. The van der Waals surface area contributed by atoms with Crippen molar-refractivity contribution in [3.05, 3.63) is 69.8 Å². The van der Waals surface area contributed by atoms with E-state index in [0.717, 1.165) is 15.8 Å². The highest BCUT2D eigenvalue weighted by Gasteiger charge is 2.03. The zero-order valence-corrected chi connectivity index (χ0v) is 14.7. The van der Waals surface area contributed by atoms with Crippen molar-refractivity contribution in [3.63, 3.8) is 0 Å². The summed E-state index contributed by atoms with van der Waals surface area (Å²) in [5, 5.41) is 7.07. The van der Waals surface area contributed by atoms with Gasteiger partial charge in [-0.3, -0.25) is 0 Å². The van der Waals surface area contributed by atoms with Gasteiger partial charge >= 0.3 is 0 Å². The van der Waals surface area contributed by atoms with Crippen LogP contribution in [-0.2, 0) is 0 Å². The van der Waals surface area contributed by atoms with E-state index in [1.807, 2.05) is 49.4 Å². The zero-order chi connectivity index (χ0) is 16.2. The lowest BCUT2D eigenvalue weighted by Gasteiger charge is -2.09. The van der Waals surface area contributed by atoms with Crippen molar-refractivity contribution in [2.75, 3.05) is 10.6 Å². The Morgan fingerprint density at radius 1 is 1.00 bits per heavy atom. The highest BCUT2D eigenvalue weighted by atomic mass is 79.9. The molecule has 0 atom stereocenters. The third kappa shape index (κ3) is 4.21. The maximum Gasteiger partial charge on any atom is 0.229 e. The Morgan fingerprint density at radius 3 is 2.61 bits per heavy atom. The number of hydrogen-bond donors (Lipinski definition) is 2. The van der Waals surface area contributed by atoms with Crippen molar-refractivity contribution < 1.29 is 0 Å². The van der Waals surface area contributed by atoms with Crippen molar-refractivity contribution in [1.29, 1.82) is 0 Å². The lowest BCUT2D eigenvalue weighted by Crippen LogP contribution is -2.00. The molecule has 0 spiro atoms. The van der Waals surface area contributed by atoms with Crippen LogP contribution in [-0.4, -0.2) is 9.97 Å². The van der Waals surface area contributed by atoms with Gasteiger partial charge in [-0.2, -0.15) is 4.98 Å². The van der Waals surface area contributed by atoms with E-state index in [1.165, 1.54) is 5.56 Å². The van der Waals surface area contributed by atoms with Gasteiger partial charge in [-0.25, -0.2) is 4.98 Å². The summed E-state index contributed by atoms with van der Waals surface area (Å²) in [5.41, 5.74) is 2.97. The number of anilines is 4. The fraction of sp³-hybridized carbons (Fsp3) is 0.0588. The Hall–Kier alpha value is -2.11. The van der Waals surface area contributed by atoms with Crippen LogP contribution in [0.2, 0.25) is 5.02 Å². The summed E-state index contributed by atoms with van der Waals surface area (Å²) in [6.07, 6.45) is 1.70. The molecule has 0 unspecified atom stereocenters. The molecular weight excluding hydrogens is 376 g/mol. The molecular formula is C17H14BrClN4. The molecule has 0 amide bonds. The van der Waals surface area contributed by atoms with E-state index in [-0.39, 0.29) is 0 Å². The Morgan fingerprint density at radius 2 is 1.83 bits per heavy atom. The zero-order valence-electron chi connectivity index (χ0n) is 12.3. The van der Waals surface area contributed by atoms with Crippen molar-refractivity contribution >= 4 is 50.7 Å². The highest BCUT2D eigenvalue weighted by molar-refractivity contribution is 9.10. The van der Waals surface area contributed by atoms with Gasteiger partial charge in [0.25, 0.3) is 0 Å². The van der Waals surface area contributed by atoms with E-state index < -0.39 is 0 Å². The van der Waals surface area contributed by atoms with Crippen LogP contribution in [0.15, 0.2) is 59.2 Å². The molecule has 0 fully saturated rings. The molecule has 3 aromatic rings. The van der Waals surface area contributed by atoms with E-state index in [4.69, 9.17) is 11.6 Å². The summed E-state index contributed by atoms with van der Waals surface area (Å²) in [6, 6.07) is 15.3. The van der Waals surface area contributed by atoms with Gasteiger partial charge in [0, 0.05) is 27.1 Å². The minimum Gasteiger partial charge on any atom is -0.340 e. The fourth-order valence-corrected chi connectivity index (χ4v) is 2.57. The van der Waals surface area contributed by atoms with Gasteiger partial charge in [0.15, 0.2) is 0 Å². The molecule has 0 saturated heterocycles. The average molecular weight is 390 g/mol. The molecule has 2 aromatic carbocycles. The summed E-state index contributed by atoms with van der Waals surface area (Å²) in [6.45, 7) is 2.04. The second kappa shape index (κ2) is 6.98. The van der Waals surface area contributed by atoms with Crippen LogP contribution in [0, 0.1) is 6.92 Å². The molecule has 2 N–H and O–H groups in total. The number of hydrogen-bond acceptors (Lipinski definition) is 4. The van der Waals surface area contributed by atoms with Gasteiger partial charge in [0.1, 0.15) is 5.82 Å². The largest absolute Gasteiger partial charge is 0.340 e. The summed E-state index contributed by atoms with van der Waals surface area (Å²) in [7, 11) is 0. The van der Waals surface area contributed by atoms with Crippen molar-refractivity contribution in [2.24, 2.45) is 0 Å². The van der Waals surface area contributed by atoms with Crippen LogP contribution in [0.4, 0.5) is 23.1 Å². The third-order valence-electron chi connectivity index (χ3n) is 3.18. The number of rotatable bonds is 4. The molecule has 0 aliphatic heterocycles. The number of nitrogens with one attached hydrogen (secondary N) is 2. The lowest BCUT2D eigenvalue weighted by molar-refractivity contribution is 1.16. The highest BCUT2D eigenvalue weighted by Crippen LogP contribution is 2.23. The molecule has 0 saturated carbocycles. The Bertz CT molecular complexity index is 838. The summed E-state index contributed by atoms with van der Waals surface area (Å²) >= 11 is 9.51. The maximum absolute atomic E-state index is 5.99. The molecule has 23 heavy (non-hydrogen) atoms. The van der Waals surface area contributed by atoms with Crippen LogP contribution < -0.4 is 10.6 Å². The topological polar surface area (TPSA) is 49.8 Å². The second-order valence-corrected chi connectivity index (χ2v) is 6.28. The molecule has 1 aromatic heterocycles. The van der Waals surface area contributed by atoms with Crippen molar-refractivity contribution in [3.8, 4) is 0 Å². The van der Waals surface area contributed by atoms with Crippen LogP contribution in [0.1, 0.15) is 5.56 Å². The van der Waals surface area contributed by atoms with Gasteiger partial charge in [0.05, 0.1) is 0 Å². The van der Waals surface area contributed by atoms with Crippen LogP contribution in [0.3, 0.4) is 0 Å². The van der Waals surface area contributed by atoms with Crippen LogP contribution >= 0.6 is 27.5 Å². The predicted octanol–water partition coefficient (Wildman–Crippen LogP) is 5.69. The third-order valence-corrected chi connectivity index (χ3v) is 4.27. The van der Waals surface area contributed by atoms with Gasteiger partial charge < -0.3 is 10.6 Å². The van der Waals surface area contributed by atoms with E-state index in [2.05, 4.69) is 36.5 Å². The van der Waals surface area contributed by atoms with E-state index in [1.54, 1.807) is 12.3 Å². The first kappa shape index (κ1) is 15.8. The molecule has 1 heterocycles. The second-order valence-electron chi connectivity index (χ2n) is 4.99. The lowest BCUT2D eigenvalue weighted by atomic mass is 10.2. The maximum atomic E-state index is 5.99. The molecule has 0 aliphatic carbocycles. The number of aryl methyl sites for hydroxylation is 1. The molecule has 0 radical (unpaired) electrons. The van der Waals surface area contributed by atoms with Crippen LogP contribution in [0.25, 0.3) is 0 Å². The van der Waals surface area contributed by atoms with Crippen molar-refractivity contribution in [2.45, 2.75) is 6.92 Å². The smallest absolute Gasteiger partial charge is 0.229 e. The molecule has 116 valence electrons. The molecule has 0 bridgehead atoms. The molecule has 3 rings (SSSR count). The summed E-state index contributed by atoms with van der Waals surface area (Å²) < 4.78 is 1.04. The average Bonchev–Trinajstić information content (AvgIpc) is 2.51. The Balaban J connectivity index is 1.78. The van der Waals surface area contributed by atoms with Gasteiger partial charge in [-0.1, -0.05) is 39.7 Å². The number of halogens is 2. The fourth-order valence-electron chi connectivity index (χ4n) is 2.00. The predicted molar refractivity (Wildman–Crippen MR) is 98.9 cm³/mol. The van der Waals surface area contributed by atoms with E-state index in [9.17, 15) is 0 Å². The molecule has 4 nitrogen and oxygen atoms in total. The van der Waals surface area contributed by atoms with Crippen LogP contribution in [0.5, 0.6) is 0 Å². The first-order chi connectivity index (χ1) is 11.1. The van der Waals surface area contributed by atoms with Gasteiger partial charge in [-0.05, 0) is 48.9 Å². The standard InChI is InChI=1S/C17H14BrClN4/c1-11-5-6-14(10-15(11)18)22-17-20-8-7-16(23-17)21-13-4-2-3-12(19)9-13/h2-10H,1H3,(H2,20,21,22,23). The molecule has 0 aliphatic rings. The summed E-state index contributed by atoms with van der Waals surface area (Å²) in [4.78, 5) is 8.70. The van der Waals surface area contributed by atoms with Gasteiger partial charge in [-0.15, -0.1) is 0 Å². The monoisotopic (exact) mass is 388 g/mol. The number of aromatic nitrogens is 2. The first-order valence-corrected chi connectivity index (χ1v) is 8.16. The minimum atomic E-state index is 0.521. The normalized spacial score (nSPS) is 10.4. The SMILES string of the molecule is Cc1ccc(Nc2nccc(Nc3cccc(Cl)c3)n2)cc1Br. The minimum absolute atomic E-state index is 0.521.